The van der Waals surface area contributed by atoms with Crippen LogP contribution in [0.2, 0.25) is 0 Å². The number of hydrogen-bond acceptors (Lipinski definition) is 3. The Labute approximate surface area is 166 Å². The summed E-state index contributed by atoms with van der Waals surface area (Å²) in [6.07, 6.45) is 0.756. The van der Waals surface area contributed by atoms with Crippen LogP contribution in [0, 0.1) is 0 Å². The summed E-state index contributed by atoms with van der Waals surface area (Å²) in [4.78, 5) is 17.9. The molecular formula is C23H28N4O. The van der Waals surface area contributed by atoms with Crippen molar-refractivity contribution in [3.8, 4) is 5.69 Å². The summed E-state index contributed by atoms with van der Waals surface area (Å²) in [6, 6.07) is 20.5. The van der Waals surface area contributed by atoms with Crippen molar-refractivity contribution in [3.63, 3.8) is 0 Å². The van der Waals surface area contributed by atoms with Crippen molar-refractivity contribution in [3.05, 3.63) is 82.3 Å². The molecule has 0 spiro atoms. The fraction of sp³-hybridized carbons (Fsp3) is 0.348. The number of nitrogens with zero attached hydrogens (tertiary/aromatic N) is 4. The summed E-state index contributed by atoms with van der Waals surface area (Å²) < 4.78 is 3.84. The predicted octanol–water partition coefficient (Wildman–Crippen LogP) is 3.06. The van der Waals surface area contributed by atoms with E-state index in [1.165, 1.54) is 5.69 Å². The first kappa shape index (κ1) is 18.6. The van der Waals surface area contributed by atoms with Crippen molar-refractivity contribution in [2.45, 2.75) is 19.9 Å². The van der Waals surface area contributed by atoms with Gasteiger partial charge in [0.1, 0.15) is 0 Å². The highest BCUT2D eigenvalue weighted by Crippen LogP contribution is 2.18. The van der Waals surface area contributed by atoms with E-state index in [2.05, 4.69) is 47.1 Å². The third-order valence-corrected chi connectivity index (χ3v) is 5.71. The third kappa shape index (κ3) is 3.50. The molecule has 146 valence electrons. The standard InChI is InChI=1S/C23H28N4O/c1-3-21-22(24(2)27(23(21)28)20-12-8-5-9-13-20)18-25-14-16-26(17-15-25)19-10-6-4-7-11-19/h4-13H,3,14-18H2,1-2H3. The molecule has 2 aromatic carbocycles. The average Bonchev–Trinajstić information content (AvgIpc) is 2.99. The molecule has 2 heterocycles. The molecule has 5 nitrogen and oxygen atoms in total. The first-order valence-corrected chi connectivity index (χ1v) is 10.1. The van der Waals surface area contributed by atoms with Crippen molar-refractivity contribution in [1.82, 2.24) is 14.3 Å². The SMILES string of the molecule is CCc1c(CN2CCN(c3ccccc3)CC2)n(C)n(-c2ccccc2)c1=O. The van der Waals surface area contributed by atoms with Gasteiger partial charge in [-0.1, -0.05) is 43.3 Å². The maximum absolute atomic E-state index is 13.0. The molecule has 1 aromatic heterocycles. The van der Waals surface area contributed by atoms with Crippen LogP contribution in [0.5, 0.6) is 0 Å². The number of hydrogen-bond donors (Lipinski definition) is 0. The highest BCUT2D eigenvalue weighted by atomic mass is 16.1. The maximum atomic E-state index is 13.0. The monoisotopic (exact) mass is 376 g/mol. The van der Waals surface area contributed by atoms with Gasteiger partial charge in [0.05, 0.1) is 11.4 Å². The van der Waals surface area contributed by atoms with Gasteiger partial charge in [0.25, 0.3) is 5.56 Å². The molecule has 0 amide bonds. The maximum Gasteiger partial charge on any atom is 0.274 e. The van der Waals surface area contributed by atoms with Gasteiger partial charge in [-0.15, -0.1) is 0 Å². The summed E-state index contributed by atoms with van der Waals surface area (Å²) in [5.41, 5.74) is 4.37. The van der Waals surface area contributed by atoms with Crippen molar-refractivity contribution >= 4 is 5.69 Å². The van der Waals surface area contributed by atoms with E-state index >= 15 is 0 Å². The van der Waals surface area contributed by atoms with E-state index < -0.39 is 0 Å². The van der Waals surface area contributed by atoms with Gasteiger partial charge in [0.15, 0.2) is 0 Å². The van der Waals surface area contributed by atoms with Gasteiger partial charge in [-0.25, -0.2) is 4.68 Å². The van der Waals surface area contributed by atoms with Crippen LogP contribution < -0.4 is 10.5 Å². The smallest absolute Gasteiger partial charge is 0.274 e. The number of aromatic nitrogens is 2. The number of benzene rings is 2. The Balaban J connectivity index is 1.54. The Bertz CT molecular complexity index is 967. The van der Waals surface area contributed by atoms with E-state index in [1.54, 1.807) is 4.68 Å². The molecule has 0 radical (unpaired) electrons. The molecule has 4 rings (SSSR count). The summed E-state index contributed by atoms with van der Waals surface area (Å²) in [5.74, 6) is 0. The molecule has 28 heavy (non-hydrogen) atoms. The van der Waals surface area contributed by atoms with Gasteiger partial charge in [0.2, 0.25) is 0 Å². The summed E-state index contributed by atoms with van der Waals surface area (Å²) in [7, 11) is 2.00. The van der Waals surface area contributed by atoms with Crippen LogP contribution in [-0.2, 0) is 20.0 Å². The Morgan fingerprint density at radius 1 is 0.821 bits per heavy atom. The molecule has 1 aliphatic rings. The van der Waals surface area contributed by atoms with Crippen LogP contribution in [0.4, 0.5) is 5.69 Å². The second-order valence-corrected chi connectivity index (χ2v) is 7.35. The van der Waals surface area contributed by atoms with E-state index in [0.29, 0.717) is 0 Å². The minimum Gasteiger partial charge on any atom is -0.369 e. The average molecular weight is 377 g/mol. The summed E-state index contributed by atoms with van der Waals surface area (Å²) in [5, 5.41) is 0. The first-order valence-electron chi connectivity index (χ1n) is 10.1. The van der Waals surface area contributed by atoms with Crippen molar-refractivity contribution < 1.29 is 0 Å². The van der Waals surface area contributed by atoms with Crippen molar-refractivity contribution in [1.29, 1.82) is 0 Å². The Hall–Kier alpha value is -2.79. The zero-order valence-corrected chi connectivity index (χ0v) is 16.7. The van der Waals surface area contributed by atoms with Crippen molar-refractivity contribution in [2.75, 3.05) is 31.1 Å². The molecule has 0 aliphatic carbocycles. The van der Waals surface area contributed by atoms with Crippen molar-refractivity contribution in [2.24, 2.45) is 7.05 Å². The van der Waals surface area contributed by atoms with Gasteiger partial charge in [-0.2, -0.15) is 0 Å². The molecule has 5 heteroatoms. The first-order chi connectivity index (χ1) is 13.7. The zero-order valence-electron chi connectivity index (χ0n) is 16.7. The number of rotatable bonds is 5. The quantitative estimate of drug-likeness (QED) is 0.686. The molecule has 1 fully saturated rings. The number of piperazine rings is 1. The van der Waals surface area contributed by atoms with Gasteiger partial charge in [-0.3, -0.25) is 14.4 Å². The fourth-order valence-electron chi connectivity index (χ4n) is 4.13. The van der Waals surface area contributed by atoms with Gasteiger partial charge in [-0.05, 0) is 30.7 Å². The molecule has 0 N–H and O–H groups in total. The molecule has 1 saturated heterocycles. The Morgan fingerprint density at radius 2 is 1.39 bits per heavy atom. The zero-order chi connectivity index (χ0) is 19.5. The molecule has 0 saturated carbocycles. The molecule has 0 bridgehead atoms. The lowest BCUT2D eigenvalue weighted by molar-refractivity contribution is 0.242. The summed E-state index contributed by atoms with van der Waals surface area (Å²) >= 11 is 0. The van der Waals surface area contributed by atoms with E-state index in [-0.39, 0.29) is 5.56 Å². The van der Waals surface area contributed by atoms with Crippen LogP contribution in [0.3, 0.4) is 0 Å². The lowest BCUT2D eigenvalue weighted by atomic mass is 10.1. The second kappa shape index (κ2) is 8.07. The molecule has 0 atom stereocenters. The topological polar surface area (TPSA) is 33.4 Å². The highest BCUT2D eigenvalue weighted by Gasteiger charge is 2.22. The van der Waals surface area contributed by atoms with Gasteiger partial charge in [0, 0.05) is 51.0 Å². The Kier molecular flexibility index (Phi) is 5.35. The molecule has 3 aromatic rings. The molecular weight excluding hydrogens is 348 g/mol. The third-order valence-electron chi connectivity index (χ3n) is 5.71. The number of para-hydroxylation sites is 2. The fourth-order valence-corrected chi connectivity index (χ4v) is 4.13. The minimum atomic E-state index is 0.106. The van der Waals surface area contributed by atoms with Crippen LogP contribution in [-0.4, -0.2) is 40.4 Å². The van der Waals surface area contributed by atoms with E-state index in [9.17, 15) is 4.79 Å². The molecule has 0 unspecified atom stereocenters. The van der Waals surface area contributed by atoms with Crippen LogP contribution in [0.1, 0.15) is 18.2 Å². The number of anilines is 1. The van der Waals surface area contributed by atoms with Gasteiger partial charge < -0.3 is 4.90 Å². The van der Waals surface area contributed by atoms with E-state index in [0.717, 1.165) is 56.1 Å². The highest BCUT2D eigenvalue weighted by molar-refractivity contribution is 5.46. The van der Waals surface area contributed by atoms with Crippen LogP contribution >= 0.6 is 0 Å². The van der Waals surface area contributed by atoms with Crippen LogP contribution in [0.15, 0.2) is 65.5 Å². The van der Waals surface area contributed by atoms with E-state index in [4.69, 9.17) is 0 Å². The van der Waals surface area contributed by atoms with Gasteiger partial charge >= 0.3 is 0 Å². The predicted molar refractivity (Wildman–Crippen MR) is 114 cm³/mol. The Morgan fingerprint density at radius 3 is 1.96 bits per heavy atom. The van der Waals surface area contributed by atoms with Crippen LogP contribution in [0.25, 0.3) is 5.69 Å². The van der Waals surface area contributed by atoms with E-state index in [1.807, 2.05) is 42.1 Å². The second-order valence-electron chi connectivity index (χ2n) is 7.35. The lowest BCUT2D eigenvalue weighted by Crippen LogP contribution is -2.46. The minimum absolute atomic E-state index is 0.106. The normalized spacial score (nSPS) is 15.1. The molecule has 1 aliphatic heterocycles. The largest absolute Gasteiger partial charge is 0.369 e. The lowest BCUT2D eigenvalue weighted by Gasteiger charge is -2.36. The summed E-state index contributed by atoms with van der Waals surface area (Å²) in [6.45, 7) is 6.92.